The van der Waals surface area contributed by atoms with E-state index in [1.807, 2.05) is 24.3 Å². The summed E-state index contributed by atoms with van der Waals surface area (Å²) in [5.74, 6) is 0.364. The van der Waals surface area contributed by atoms with E-state index < -0.39 is 0 Å². The van der Waals surface area contributed by atoms with Gasteiger partial charge in [-0.1, -0.05) is 27.8 Å². The number of carbonyl (C=O) groups is 1. The number of fused-ring (bicyclic) bond motifs is 1. The molecular weight excluding hydrogens is 276 g/mol. The van der Waals surface area contributed by atoms with Gasteiger partial charge in [0.25, 0.3) is 5.91 Å². The number of nitrogens with one attached hydrogen (secondary N) is 2. The molecule has 1 amide bonds. The van der Waals surface area contributed by atoms with E-state index in [4.69, 9.17) is 0 Å². The fourth-order valence-electron chi connectivity index (χ4n) is 1.84. The first kappa shape index (κ1) is 12.4. The van der Waals surface area contributed by atoms with E-state index in [-0.39, 0.29) is 5.91 Å². The molecule has 20 heavy (non-hydrogen) atoms. The Hall–Kier alpha value is -2.61. The fraction of sp³-hybridized carbons (Fsp3) is 0.0833. The molecule has 2 heterocycles. The van der Waals surface area contributed by atoms with Crippen molar-refractivity contribution in [2.75, 3.05) is 17.7 Å². The first-order valence-corrected chi connectivity index (χ1v) is 6.59. The molecule has 0 aliphatic carbocycles. The molecule has 0 atom stereocenters. The van der Waals surface area contributed by atoms with E-state index in [1.54, 1.807) is 13.1 Å². The molecule has 100 valence electrons. The Bertz CT molecular complexity index is 758. The quantitative estimate of drug-likeness (QED) is 0.762. The molecule has 8 heteroatoms. The van der Waals surface area contributed by atoms with Gasteiger partial charge in [0.1, 0.15) is 5.82 Å². The van der Waals surface area contributed by atoms with Crippen molar-refractivity contribution in [2.24, 2.45) is 0 Å². The van der Waals surface area contributed by atoms with Gasteiger partial charge in [0.2, 0.25) is 5.13 Å². The van der Waals surface area contributed by atoms with Gasteiger partial charge >= 0.3 is 0 Å². The second-order valence-electron chi connectivity index (χ2n) is 3.94. The van der Waals surface area contributed by atoms with Gasteiger partial charge in [0.15, 0.2) is 0 Å². The Kier molecular flexibility index (Phi) is 3.21. The maximum atomic E-state index is 12.3. The predicted molar refractivity (Wildman–Crippen MR) is 76.9 cm³/mol. The van der Waals surface area contributed by atoms with E-state index in [0.29, 0.717) is 16.5 Å². The van der Waals surface area contributed by atoms with Gasteiger partial charge < -0.3 is 5.32 Å². The average molecular weight is 286 g/mol. The molecule has 3 rings (SSSR count). The van der Waals surface area contributed by atoms with Gasteiger partial charge in [0.05, 0.1) is 11.1 Å². The molecule has 0 aliphatic rings. The standard InChI is InChI=1S/C12H10N6OS/c1-13-10-6-8(7-4-2-3-5-9(7)14-10)11(19)15-12-16-17-18-20-12/h2-6H,1H3,(H,13,14)(H,15,16,18,19). The lowest BCUT2D eigenvalue weighted by atomic mass is 10.1. The highest BCUT2D eigenvalue weighted by atomic mass is 32.1. The van der Waals surface area contributed by atoms with Crippen molar-refractivity contribution >= 4 is 39.3 Å². The monoisotopic (exact) mass is 286 g/mol. The number of hydrogen-bond acceptors (Lipinski definition) is 7. The van der Waals surface area contributed by atoms with Crippen LogP contribution in [0.2, 0.25) is 0 Å². The van der Waals surface area contributed by atoms with Crippen LogP contribution in [0.4, 0.5) is 10.9 Å². The van der Waals surface area contributed by atoms with E-state index in [2.05, 4.69) is 30.4 Å². The van der Waals surface area contributed by atoms with E-state index in [0.717, 1.165) is 22.4 Å². The number of amides is 1. The zero-order valence-corrected chi connectivity index (χ0v) is 11.3. The van der Waals surface area contributed by atoms with E-state index >= 15 is 0 Å². The number of hydrogen-bond donors (Lipinski definition) is 2. The van der Waals surface area contributed by atoms with Crippen LogP contribution in [0.1, 0.15) is 10.4 Å². The number of aromatic nitrogens is 4. The lowest BCUT2D eigenvalue weighted by molar-refractivity contribution is 0.102. The van der Waals surface area contributed by atoms with Crippen LogP contribution in [0.3, 0.4) is 0 Å². The van der Waals surface area contributed by atoms with Crippen molar-refractivity contribution in [1.29, 1.82) is 0 Å². The highest BCUT2D eigenvalue weighted by Crippen LogP contribution is 2.21. The average Bonchev–Trinajstić information content (AvgIpc) is 2.98. The smallest absolute Gasteiger partial charge is 0.258 e. The summed E-state index contributed by atoms with van der Waals surface area (Å²) >= 11 is 1.03. The number of rotatable bonds is 3. The number of para-hydroxylation sites is 1. The molecule has 2 N–H and O–H groups in total. The summed E-state index contributed by atoms with van der Waals surface area (Å²) in [7, 11) is 1.76. The number of carbonyl (C=O) groups excluding carboxylic acids is 1. The SMILES string of the molecule is CNc1cc(C(=O)Nc2nnns2)c2ccccc2n1. The zero-order chi connectivity index (χ0) is 13.9. The van der Waals surface area contributed by atoms with Crippen LogP contribution in [0.25, 0.3) is 10.9 Å². The Morgan fingerprint density at radius 1 is 1.30 bits per heavy atom. The maximum Gasteiger partial charge on any atom is 0.258 e. The minimum atomic E-state index is -0.265. The van der Waals surface area contributed by atoms with Crippen LogP contribution < -0.4 is 10.6 Å². The third kappa shape index (κ3) is 2.28. The van der Waals surface area contributed by atoms with Crippen LogP contribution >= 0.6 is 11.5 Å². The Labute approximate surface area is 118 Å². The Balaban J connectivity index is 2.07. The largest absolute Gasteiger partial charge is 0.373 e. The summed E-state index contributed by atoms with van der Waals surface area (Å²) in [6.07, 6.45) is 0. The molecule has 0 bridgehead atoms. The van der Waals surface area contributed by atoms with Gasteiger partial charge in [-0.2, -0.15) is 0 Å². The lowest BCUT2D eigenvalue weighted by Gasteiger charge is -2.08. The fourth-order valence-corrected chi connectivity index (χ4v) is 2.20. The molecule has 0 aliphatic heterocycles. The molecule has 7 nitrogen and oxygen atoms in total. The zero-order valence-electron chi connectivity index (χ0n) is 10.5. The third-order valence-corrected chi connectivity index (χ3v) is 3.25. The number of benzene rings is 1. The van der Waals surface area contributed by atoms with Crippen molar-refractivity contribution in [3.63, 3.8) is 0 Å². The topological polar surface area (TPSA) is 92.7 Å². The van der Waals surface area contributed by atoms with E-state index in [9.17, 15) is 4.79 Å². The molecule has 1 aromatic carbocycles. The Morgan fingerprint density at radius 2 is 2.15 bits per heavy atom. The number of anilines is 2. The summed E-state index contributed by atoms with van der Waals surface area (Å²) in [5, 5.41) is 13.9. The van der Waals surface area contributed by atoms with Crippen LogP contribution in [-0.4, -0.2) is 32.7 Å². The molecule has 0 unspecified atom stereocenters. The molecule has 0 fully saturated rings. The second kappa shape index (κ2) is 5.17. The van der Waals surface area contributed by atoms with Gasteiger partial charge in [-0.05, 0) is 17.3 Å². The second-order valence-corrected chi connectivity index (χ2v) is 4.68. The normalized spacial score (nSPS) is 10.4. The summed E-state index contributed by atoms with van der Waals surface area (Å²) in [5.41, 5.74) is 1.27. The highest BCUT2D eigenvalue weighted by Gasteiger charge is 2.14. The third-order valence-electron chi connectivity index (χ3n) is 2.74. The molecule has 0 saturated carbocycles. The minimum absolute atomic E-state index is 0.265. The van der Waals surface area contributed by atoms with Crippen LogP contribution in [0.15, 0.2) is 30.3 Å². The first-order chi connectivity index (χ1) is 9.78. The van der Waals surface area contributed by atoms with Crippen molar-refractivity contribution < 1.29 is 4.79 Å². The summed E-state index contributed by atoms with van der Waals surface area (Å²) in [6.45, 7) is 0. The number of pyridine rings is 1. The van der Waals surface area contributed by atoms with Crippen molar-refractivity contribution in [2.45, 2.75) is 0 Å². The lowest BCUT2D eigenvalue weighted by Crippen LogP contribution is -2.13. The molecule has 0 radical (unpaired) electrons. The molecule has 2 aromatic heterocycles. The molecule has 0 spiro atoms. The summed E-state index contributed by atoms with van der Waals surface area (Å²) in [4.78, 5) is 16.7. The predicted octanol–water partition coefficient (Wildman–Crippen LogP) is 1.78. The van der Waals surface area contributed by atoms with E-state index in [1.165, 1.54) is 0 Å². The summed E-state index contributed by atoms with van der Waals surface area (Å²) < 4.78 is 3.61. The Morgan fingerprint density at radius 3 is 2.90 bits per heavy atom. The molecule has 3 aromatic rings. The molecule has 0 saturated heterocycles. The van der Waals surface area contributed by atoms with Gasteiger partial charge in [0, 0.05) is 24.0 Å². The highest BCUT2D eigenvalue weighted by molar-refractivity contribution is 7.09. The van der Waals surface area contributed by atoms with Crippen LogP contribution in [-0.2, 0) is 0 Å². The first-order valence-electron chi connectivity index (χ1n) is 5.82. The minimum Gasteiger partial charge on any atom is -0.373 e. The van der Waals surface area contributed by atoms with Crippen molar-refractivity contribution in [3.8, 4) is 0 Å². The summed E-state index contributed by atoms with van der Waals surface area (Å²) in [6, 6.07) is 9.16. The molecular formula is C12H10N6OS. The maximum absolute atomic E-state index is 12.3. The van der Waals surface area contributed by atoms with Gasteiger partial charge in [-0.3, -0.25) is 10.1 Å². The number of nitrogens with zero attached hydrogens (tertiary/aromatic N) is 4. The van der Waals surface area contributed by atoms with Gasteiger partial charge in [-0.15, -0.1) is 0 Å². The van der Waals surface area contributed by atoms with Crippen LogP contribution in [0, 0.1) is 0 Å². The van der Waals surface area contributed by atoms with Crippen LogP contribution in [0.5, 0.6) is 0 Å². The van der Waals surface area contributed by atoms with Crippen molar-refractivity contribution in [3.05, 3.63) is 35.9 Å². The van der Waals surface area contributed by atoms with Crippen molar-refractivity contribution in [1.82, 2.24) is 19.8 Å². The van der Waals surface area contributed by atoms with Gasteiger partial charge in [-0.25, -0.2) is 4.98 Å².